The zero-order valence-electron chi connectivity index (χ0n) is 8.31. The maximum absolute atomic E-state index is 10.7. The lowest BCUT2D eigenvalue weighted by Crippen LogP contribution is -2.08. The van der Waals surface area contributed by atoms with Gasteiger partial charge in [0.15, 0.2) is 6.29 Å². The summed E-state index contributed by atoms with van der Waals surface area (Å²) in [7, 11) is 2.96. The van der Waals surface area contributed by atoms with E-state index < -0.39 is 12.3 Å². The predicted octanol–water partition coefficient (Wildman–Crippen LogP) is 1.73. The molecule has 15 heavy (non-hydrogen) atoms. The molecule has 1 heterocycles. The summed E-state index contributed by atoms with van der Waals surface area (Å²) in [6.07, 6.45) is -0.574. The third-order valence-corrected chi connectivity index (χ3v) is 2.17. The first kappa shape index (κ1) is 11.8. The predicted molar refractivity (Wildman–Crippen MR) is 55.3 cm³/mol. The highest BCUT2D eigenvalue weighted by molar-refractivity contribution is 7.71. The van der Waals surface area contributed by atoms with E-state index in [9.17, 15) is 4.79 Å². The topological polar surface area (TPSA) is 71.6 Å². The van der Waals surface area contributed by atoms with E-state index >= 15 is 0 Å². The second-order valence-corrected chi connectivity index (χ2v) is 3.17. The van der Waals surface area contributed by atoms with E-state index in [1.54, 1.807) is 6.07 Å². The van der Waals surface area contributed by atoms with E-state index in [1.807, 2.05) is 0 Å². The number of aromatic carboxylic acids is 1. The first-order valence-corrected chi connectivity index (χ1v) is 4.53. The average Bonchev–Trinajstić information content (AvgIpc) is 2.19. The molecule has 82 valence electrons. The molecule has 0 aliphatic rings. The van der Waals surface area contributed by atoms with Crippen molar-refractivity contribution in [3.05, 3.63) is 28.0 Å². The fourth-order valence-corrected chi connectivity index (χ4v) is 1.42. The van der Waals surface area contributed by atoms with Crippen LogP contribution in [0.3, 0.4) is 0 Å². The van der Waals surface area contributed by atoms with Crippen molar-refractivity contribution >= 4 is 18.2 Å². The van der Waals surface area contributed by atoms with Crippen LogP contribution in [0.25, 0.3) is 0 Å². The number of aromatic nitrogens is 1. The Morgan fingerprint density at radius 2 is 2.07 bits per heavy atom. The smallest absolute Gasteiger partial charge is 0.338 e. The Balaban J connectivity index is 3.11. The van der Waals surface area contributed by atoms with Crippen molar-refractivity contribution in [3.8, 4) is 0 Å². The van der Waals surface area contributed by atoms with Gasteiger partial charge >= 0.3 is 5.97 Å². The van der Waals surface area contributed by atoms with Gasteiger partial charge in [-0.15, -0.1) is 0 Å². The summed E-state index contributed by atoms with van der Waals surface area (Å²) < 4.78 is 10.1. The van der Waals surface area contributed by atoms with Crippen LogP contribution < -0.4 is 0 Å². The standard InChI is InChI=1S/C9H11NO4S/c1-13-9(14-2)6-4-3-5(8(11)12)7(15)10-6/h3-4,9H,1-2H3,(H,10,15)(H,11,12). The SMILES string of the molecule is COC(OC)c1ccc(C(=O)O)c(=S)[nH]1. The van der Waals surface area contributed by atoms with Crippen molar-refractivity contribution in [1.82, 2.24) is 4.98 Å². The first-order valence-electron chi connectivity index (χ1n) is 4.12. The zero-order valence-corrected chi connectivity index (χ0v) is 9.13. The molecule has 0 unspecified atom stereocenters. The van der Waals surface area contributed by atoms with Crippen LogP contribution in [-0.2, 0) is 9.47 Å². The molecule has 0 aromatic carbocycles. The van der Waals surface area contributed by atoms with E-state index in [-0.39, 0.29) is 10.2 Å². The van der Waals surface area contributed by atoms with Gasteiger partial charge in [0.1, 0.15) is 4.64 Å². The van der Waals surface area contributed by atoms with Crippen LogP contribution in [0.15, 0.2) is 12.1 Å². The van der Waals surface area contributed by atoms with Crippen LogP contribution in [0.4, 0.5) is 0 Å². The Morgan fingerprint density at radius 1 is 1.47 bits per heavy atom. The number of ether oxygens (including phenoxy) is 2. The molecule has 0 spiro atoms. The molecule has 0 amide bonds. The lowest BCUT2D eigenvalue weighted by molar-refractivity contribution is -0.108. The number of carbonyl (C=O) groups is 1. The van der Waals surface area contributed by atoms with Crippen molar-refractivity contribution in [3.63, 3.8) is 0 Å². The Bertz CT molecular complexity index is 411. The van der Waals surface area contributed by atoms with Crippen molar-refractivity contribution in [2.24, 2.45) is 0 Å². The average molecular weight is 229 g/mol. The highest BCUT2D eigenvalue weighted by Crippen LogP contribution is 2.15. The number of hydrogen-bond acceptors (Lipinski definition) is 4. The van der Waals surface area contributed by atoms with Gasteiger partial charge in [-0.1, -0.05) is 12.2 Å². The van der Waals surface area contributed by atoms with Crippen LogP contribution in [0, 0.1) is 4.64 Å². The number of hydrogen-bond donors (Lipinski definition) is 2. The molecule has 6 heteroatoms. The summed E-state index contributed by atoms with van der Waals surface area (Å²) in [6.45, 7) is 0. The number of carboxylic acids is 1. The van der Waals surface area contributed by atoms with Gasteiger partial charge in [-0.3, -0.25) is 0 Å². The Hall–Kier alpha value is -1.24. The van der Waals surface area contributed by atoms with Crippen molar-refractivity contribution in [1.29, 1.82) is 0 Å². The first-order chi connectivity index (χ1) is 7.10. The molecular weight excluding hydrogens is 218 g/mol. The van der Waals surface area contributed by atoms with Crippen LogP contribution >= 0.6 is 12.2 Å². The molecule has 0 atom stereocenters. The normalized spacial score (nSPS) is 10.6. The number of carboxylic acid groups (broad SMARTS) is 1. The van der Waals surface area contributed by atoms with Crippen LogP contribution in [0.2, 0.25) is 0 Å². The quantitative estimate of drug-likeness (QED) is 0.607. The molecular formula is C9H11NO4S. The minimum absolute atomic E-state index is 0.0553. The number of nitrogens with one attached hydrogen (secondary N) is 1. The molecule has 2 N–H and O–H groups in total. The number of pyridine rings is 1. The summed E-state index contributed by atoms with van der Waals surface area (Å²) in [5, 5.41) is 8.76. The Morgan fingerprint density at radius 3 is 2.47 bits per heavy atom. The van der Waals surface area contributed by atoms with Crippen molar-refractivity contribution in [2.75, 3.05) is 14.2 Å². The molecule has 1 aromatic rings. The van der Waals surface area contributed by atoms with Crippen molar-refractivity contribution < 1.29 is 19.4 Å². The molecule has 0 fully saturated rings. The molecule has 0 radical (unpaired) electrons. The molecule has 1 aromatic heterocycles. The second kappa shape index (κ2) is 5.01. The van der Waals surface area contributed by atoms with Gasteiger partial charge in [-0.05, 0) is 12.1 Å². The van der Waals surface area contributed by atoms with E-state index in [0.717, 1.165) is 0 Å². The largest absolute Gasteiger partial charge is 0.478 e. The fourth-order valence-electron chi connectivity index (χ4n) is 1.14. The highest BCUT2D eigenvalue weighted by atomic mass is 32.1. The maximum Gasteiger partial charge on any atom is 0.338 e. The van der Waals surface area contributed by atoms with Crippen LogP contribution in [0.5, 0.6) is 0 Å². The molecule has 1 rings (SSSR count). The summed E-state index contributed by atoms with van der Waals surface area (Å²) in [6, 6.07) is 2.98. The fraction of sp³-hybridized carbons (Fsp3) is 0.333. The molecule has 5 nitrogen and oxygen atoms in total. The van der Waals surface area contributed by atoms with Gasteiger partial charge in [0, 0.05) is 14.2 Å². The van der Waals surface area contributed by atoms with Gasteiger partial charge in [0.25, 0.3) is 0 Å². The third-order valence-electron chi connectivity index (χ3n) is 1.84. The lowest BCUT2D eigenvalue weighted by Gasteiger charge is -2.13. The summed E-state index contributed by atoms with van der Waals surface area (Å²) in [4.78, 5) is 13.4. The highest BCUT2D eigenvalue weighted by Gasteiger charge is 2.12. The lowest BCUT2D eigenvalue weighted by atomic mass is 10.2. The number of rotatable bonds is 4. The molecule has 0 saturated carbocycles. The molecule has 0 aliphatic heterocycles. The molecule has 0 aliphatic carbocycles. The second-order valence-electron chi connectivity index (χ2n) is 2.76. The Labute approximate surface area is 91.7 Å². The summed E-state index contributed by atoms with van der Waals surface area (Å²) >= 11 is 4.88. The van der Waals surface area contributed by atoms with Gasteiger partial charge in [0.05, 0.1) is 11.3 Å². The summed E-state index contributed by atoms with van der Waals surface area (Å²) in [5.41, 5.74) is 0.634. The van der Waals surface area contributed by atoms with Gasteiger partial charge < -0.3 is 19.6 Å². The summed E-state index contributed by atoms with van der Waals surface area (Å²) in [5.74, 6) is -1.06. The van der Waals surface area contributed by atoms with E-state index in [0.29, 0.717) is 5.69 Å². The van der Waals surface area contributed by atoms with E-state index in [1.165, 1.54) is 20.3 Å². The maximum atomic E-state index is 10.7. The van der Waals surface area contributed by atoms with Gasteiger partial charge in [-0.2, -0.15) is 0 Å². The van der Waals surface area contributed by atoms with E-state index in [4.69, 9.17) is 26.8 Å². The van der Waals surface area contributed by atoms with Crippen LogP contribution in [-0.4, -0.2) is 30.3 Å². The van der Waals surface area contributed by atoms with E-state index in [2.05, 4.69) is 4.98 Å². The van der Waals surface area contributed by atoms with Crippen LogP contribution in [0.1, 0.15) is 22.3 Å². The molecule has 0 bridgehead atoms. The van der Waals surface area contributed by atoms with Crippen molar-refractivity contribution in [2.45, 2.75) is 6.29 Å². The minimum Gasteiger partial charge on any atom is -0.478 e. The minimum atomic E-state index is -1.06. The monoisotopic (exact) mass is 229 g/mol. The zero-order chi connectivity index (χ0) is 11.4. The van der Waals surface area contributed by atoms with Gasteiger partial charge in [-0.25, -0.2) is 4.79 Å². The van der Waals surface area contributed by atoms with Gasteiger partial charge in [0.2, 0.25) is 0 Å². The third kappa shape index (κ3) is 2.62. The molecule has 0 saturated heterocycles. The Kier molecular flexibility index (Phi) is 3.96. The number of methoxy groups -OCH3 is 2. The number of aromatic amines is 1. The number of H-pyrrole nitrogens is 1.